The number of alkyl halides is 2. The molecule has 1 amide bonds. The predicted octanol–water partition coefficient (Wildman–Crippen LogP) is 4.30. The first-order valence-electron chi connectivity index (χ1n) is 9.84. The van der Waals surface area contributed by atoms with E-state index in [1.165, 1.54) is 52.6 Å². The Hall–Kier alpha value is -2.78. The molecule has 2 N–H and O–H groups in total. The zero-order valence-corrected chi connectivity index (χ0v) is 17.4. The molecule has 1 aliphatic rings. The number of cyclic esters (lactones) is 1. The van der Waals surface area contributed by atoms with Gasteiger partial charge in [-0.15, -0.1) is 11.3 Å². The Morgan fingerprint density at radius 2 is 2.03 bits per heavy atom. The smallest absolute Gasteiger partial charge is 0.410 e. The second kappa shape index (κ2) is 10.0. The number of thiophene rings is 1. The zero-order chi connectivity index (χ0) is 22.4. The predicted molar refractivity (Wildman–Crippen MR) is 112 cm³/mol. The molecule has 2 atom stereocenters. The van der Waals surface area contributed by atoms with Crippen molar-refractivity contribution in [2.24, 2.45) is 0 Å². The summed E-state index contributed by atoms with van der Waals surface area (Å²) < 4.78 is 34.0. The van der Waals surface area contributed by atoms with Crippen molar-refractivity contribution in [1.82, 2.24) is 4.90 Å². The Kier molecular flexibility index (Phi) is 7.40. The lowest BCUT2D eigenvalue weighted by Crippen LogP contribution is -2.45. The van der Waals surface area contributed by atoms with E-state index in [0.717, 1.165) is 11.0 Å². The van der Waals surface area contributed by atoms with Crippen LogP contribution in [0.2, 0.25) is 0 Å². The number of hydrogen-bond acceptors (Lipinski definition) is 5. The van der Waals surface area contributed by atoms with E-state index in [4.69, 9.17) is 9.84 Å². The minimum atomic E-state index is -3.46. The first kappa shape index (κ1) is 22.9. The molecule has 0 aliphatic carbocycles. The average molecular weight is 451 g/mol. The molecule has 1 fully saturated rings. The van der Waals surface area contributed by atoms with Crippen molar-refractivity contribution >= 4 is 23.4 Å². The number of nitrogens with zero attached hydrogens (tertiary/aromatic N) is 1. The molecule has 1 aromatic heterocycles. The maximum atomic E-state index is 14.5. The quantitative estimate of drug-likeness (QED) is 0.555. The van der Waals surface area contributed by atoms with Crippen molar-refractivity contribution in [1.29, 1.82) is 0 Å². The van der Waals surface area contributed by atoms with Gasteiger partial charge in [0.25, 0.3) is 0 Å². The van der Waals surface area contributed by atoms with E-state index in [2.05, 4.69) is 0 Å². The van der Waals surface area contributed by atoms with Crippen LogP contribution in [0.15, 0.2) is 54.6 Å². The third-order valence-corrected chi connectivity index (χ3v) is 6.15. The standard InChI is InChI=1S/C22H23F2NO5S/c23-22(24,15-5-2-1-3-6-15)19(26)11-8-16-12-14-30-21(29)25(16)13-4-7-17-9-10-18(31-17)20(27)28/h1-3,5-6,8-11,16,19,26H,4,7,12-14H2,(H,27,28)/b11-8+/t16-,19?/m0/s1. The fourth-order valence-corrected chi connectivity index (χ4v) is 4.22. The number of carbonyl (C=O) groups excluding carboxylic acids is 1. The topological polar surface area (TPSA) is 87.1 Å². The number of amides is 1. The molecule has 0 radical (unpaired) electrons. The number of benzene rings is 1. The zero-order valence-electron chi connectivity index (χ0n) is 16.6. The number of ether oxygens (including phenoxy) is 1. The van der Waals surface area contributed by atoms with Gasteiger partial charge in [0.05, 0.1) is 12.6 Å². The largest absolute Gasteiger partial charge is 0.477 e. The van der Waals surface area contributed by atoms with Crippen LogP contribution in [-0.4, -0.2) is 52.5 Å². The van der Waals surface area contributed by atoms with Gasteiger partial charge < -0.3 is 19.8 Å². The van der Waals surface area contributed by atoms with E-state index in [0.29, 0.717) is 25.8 Å². The summed E-state index contributed by atoms with van der Waals surface area (Å²) in [5, 5.41) is 19.1. The lowest BCUT2D eigenvalue weighted by molar-refractivity contribution is -0.0930. The Morgan fingerprint density at radius 1 is 1.29 bits per heavy atom. The van der Waals surface area contributed by atoms with E-state index < -0.39 is 30.1 Å². The molecule has 2 heterocycles. The molecule has 9 heteroatoms. The molecule has 3 rings (SSSR count). The van der Waals surface area contributed by atoms with Gasteiger partial charge in [0, 0.05) is 23.4 Å². The second-order valence-electron chi connectivity index (χ2n) is 7.16. The lowest BCUT2D eigenvalue weighted by Gasteiger charge is -2.33. The van der Waals surface area contributed by atoms with E-state index in [1.54, 1.807) is 12.1 Å². The molecule has 1 aliphatic heterocycles. The number of hydrogen-bond donors (Lipinski definition) is 2. The maximum Gasteiger partial charge on any atom is 0.410 e. The summed E-state index contributed by atoms with van der Waals surface area (Å²) in [5.41, 5.74) is -0.288. The highest BCUT2D eigenvalue weighted by Crippen LogP contribution is 2.32. The fraction of sp³-hybridized carbons (Fsp3) is 0.364. The molecule has 2 aromatic rings. The normalized spacial score (nSPS) is 18.2. The third kappa shape index (κ3) is 5.68. The van der Waals surface area contributed by atoms with Crippen LogP contribution in [0.25, 0.3) is 0 Å². The van der Waals surface area contributed by atoms with Crippen molar-refractivity contribution < 1.29 is 33.3 Å². The molecule has 6 nitrogen and oxygen atoms in total. The first-order valence-corrected chi connectivity index (χ1v) is 10.7. The van der Waals surface area contributed by atoms with Crippen LogP contribution in [0.5, 0.6) is 0 Å². The number of carboxylic acid groups (broad SMARTS) is 1. The van der Waals surface area contributed by atoms with Crippen LogP contribution in [-0.2, 0) is 17.1 Å². The number of carboxylic acids is 1. The Balaban J connectivity index is 1.61. The number of aromatic carboxylic acids is 1. The van der Waals surface area contributed by atoms with Gasteiger partial charge in [0.1, 0.15) is 11.0 Å². The minimum absolute atomic E-state index is 0.169. The highest BCUT2D eigenvalue weighted by Gasteiger charge is 2.39. The summed E-state index contributed by atoms with van der Waals surface area (Å²) in [7, 11) is 0. The van der Waals surface area contributed by atoms with Gasteiger partial charge >= 0.3 is 18.0 Å². The summed E-state index contributed by atoms with van der Waals surface area (Å²) in [6.45, 7) is 0.488. The van der Waals surface area contributed by atoms with Crippen molar-refractivity contribution in [2.75, 3.05) is 13.2 Å². The number of aliphatic hydroxyl groups is 1. The van der Waals surface area contributed by atoms with Crippen molar-refractivity contribution in [3.05, 3.63) is 69.9 Å². The summed E-state index contributed by atoms with van der Waals surface area (Å²) in [5.74, 6) is -4.44. The minimum Gasteiger partial charge on any atom is -0.477 e. The van der Waals surface area contributed by atoms with Crippen LogP contribution < -0.4 is 0 Å². The summed E-state index contributed by atoms with van der Waals surface area (Å²) in [4.78, 5) is 25.7. The number of halogens is 2. The molecule has 0 spiro atoms. The Morgan fingerprint density at radius 3 is 2.71 bits per heavy atom. The highest BCUT2D eigenvalue weighted by atomic mass is 32.1. The molecule has 166 valence electrons. The molecule has 1 saturated heterocycles. The van der Waals surface area contributed by atoms with Crippen molar-refractivity contribution in [2.45, 2.75) is 37.3 Å². The van der Waals surface area contributed by atoms with Gasteiger partial charge in [-0.2, -0.15) is 8.78 Å². The second-order valence-corrected chi connectivity index (χ2v) is 8.33. The highest BCUT2D eigenvalue weighted by molar-refractivity contribution is 7.13. The average Bonchev–Trinajstić information content (AvgIpc) is 3.23. The number of aliphatic hydroxyl groups excluding tert-OH is 1. The summed E-state index contributed by atoms with van der Waals surface area (Å²) in [6, 6.07) is 9.88. The van der Waals surface area contributed by atoms with Gasteiger partial charge in [-0.1, -0.05) is 42.5 Å². The molecule has 31 heavy (non-hydrogen) atoms. The van der Waals surface area contributed by atoms with Crippen LogP contribution in [0.3, 0.4) is 0 Å². The van der Waals surface area contributed by atoms with Gasteiger partial charge in [-0.25, -0.2) is 9.59 Å². The van der Waals surface area contributed by atoms with E-state index in [1.807, 2.05) is 0 Å². The molecule has 0 bridgehead atoms. The van der Waals surface area contributed by atoms with Crippen molar-refractivity contribution in [3.8, 4) is 0 Å². The first-order chi connectivity index (χ1) is 14.8. The maximum absolute atomic E-state index is 14.5. The van der Waals surface area contributed by atoms with E-state index >= 15 is 0 Å². The number of rotatable bonds is 9. The lowest BCUT2D eigenvalue weighted by atomic mass is 10.0. The summed E-state index contributed by atoms with van der Waals surface area (Å²) in [6.07, 6.45) is 1.44. The molecule has 0 saturated carbocycles. The molecular weight excluding hydrogens is 428 g/mol. The van der Waals surface area contributed by atoms with E-state index in [-0.39, 0.29) is 17.0 Å². The van der Waals surface area contributed by atoms with Crippen LogP contribution in [0.4, 0.5) is 13.6 Å². The Bertz CT molecular complexity index is 931. The van der Waals surface area contributed by atoms with Crippen molar-refractivity contribution in [3.63, 3.8) is 0 Å². The van der Waals surface area contributed by atoms with Gasteiger partial charge in [0.15, 0.2) is 0 Å². The SMILES string of the molecule is O=C(O)c1ccc(CCCN2C(=O)OCC[C@@H]2/C=C/C(O)C(F)(F)c2ccccc2)s1. The molecule has 1 unspecified atom stereocenters. The number of carbonyl (C=O) groups is 2. The van der Waals surface area contributed by atoms with Gasteiger partial charge in [0.2, 0.25) is 0 Å². The molecular formula is C22H23F2NO5S. The van der Waals surface area contributed by atoms with Crippen LogP contribution in [0.1, 0.15) is 33.0 Å². The number of aryl methyl sites for hydroxylation is 1. The van der Waals surface area contributed by atoms with Crippen LogP contribution >= 0.6 is 11.3 Å². The Labute approximate surface area is 182 Å². The molecule has 1 aromatic carbocycles. The van der Waals surface area contributed by atoms with Crippen LogP contribution in [0, 0.1) is 0 Å². The summed E-state index contributed by atoms with van der Waals surface area (Å²) >= 11 is 1.18. The van der Waals surface area contributed by atoms with E-state index in [9.17, 15) is 23.5 Å². The third-order valence-electron chi connectivity index (χ3n) is 5.01. The fourth-order valence-electron chi connectivity index (χ4n) is 3.33. The van der Waals surface area contributed by atoms with Gasteiger partial charge in [-0.05, 0) is 25.0 Å². The monoisotopic (exact) mass is 451 g/mol. The van der Waals surface area contributed by atoms with Gasteiger partial charge in [-0.3, -0.25) is 0 Å².